The van der Waals surface area contributed by atoms with Gasteiger partial charge >= 0.3 is 0 Å². The topological polar surface area (TPSA) is 53.8 Å². The highest BCUT2D eigenvalue weighted by Crippen LogP contribution is 2.42. The summed E-state index contributed by atoms with van der Waals surface area (Å²) in [6.07, 6.45) is 9.52. The van der Waals surface area contributed by atoms with Crippen LogP contribution in [0.1, 0.15) is 35.4 Å². The lowest BCUT2D eigenvalue weighted by molar-refractivity contribution is 0.598. The van der Waals surface area contributed by atoms with Crippen LogP contribution in [-0.2, 0) is 0 Å². The average molecular weight is 467 g/mol. The Hall–Kier alpha value is -1.78. The molecule has 7 heteroatoms. The van der Waals surface area contributed by atoms with Crippen LogP contribution in [0, 0.1) is 0 Å². The third-order valence-corrected chi connectivity index (χ3v) is 6.90. The van der Waals surface area contributed by atoms with E-state index in [-0.39, 0.29) is 5.92 Å². The maximum absolute atomic E-state index is 6.30. The Morgan fingerprint density at radius 1 is 1.03 bits per heavy atom. The first-order chi connectivity index (χ1) is 13.9. The van der Waals surface area contributed by atoms with E-state index in [1.54, 1.807) is 12.1 Å². The summed E-state index contributed by atoms with van der Waals surface area (Å²) in [7, 11) is 0. The Labute approximate surface area is 189 Å². The summed E-state index contributed by atoms with van der Waals surface area (Å²) in [4.78, 5) is 3.23. The number of aromatic nitrogens is 1. The van der Waals surface area contributed by atoms with E-state index in [1.165, 1.54) is 5.57 Å². The Morgan fingerprint density at radius 2 is 1.79 bits per heavy atom. The first-order valence-electron chi connectivity index (χ1n) is 9.17. The number of nitrogen functional groups attached to an aromatic ring is 1. The maximum atomic E-state index is 6.30. The summed E-state index contributed by atoms with van der Waals surface area (Å²) in [5, 5.41) is 5.44. The van der Waals surface area contributed by atoms with Crippen molar-refractivity contribution in [2.45, 2.75) is 18.8 Å². The molecule has 1 unspecified atom stereocenters. The van der Waals surface area contributed by atoms with Crippen molar-refractivity contribution in [2.24, 2.45) is 0 Å². The van der Waals surface area contributed by atoms with Gasteiger partial charge in [-0.2, -0.15) is 0 Å². The molecule has 4 N–H and O–H groups in total. The van der Waals surface area contributed by atoms with Crippen molar-refractivity contribution in [3.63, 3.8) is 0 Å². The van der Waals surface area contributed by atoms with Crippen molar-refractivity contribution in [3.8, 4) is 0 Å². The van der Waals surface area contributed by atoms with Crippen LogP contribution < -0.4 is 11.1 Å². The molecule has 150 valence electrons. The molecule has 0 fully saturated rings. The fourth-order valence-electron chi connectivity index (χ4n) is 3.95. The number of anilines is 1. The van der Waals surface area contributed by atoms with Gasteiger partial charge in [0.2, 0.25) is 0 Å². The molecule has 1 aliphatic heterocycles. The Bertz CT molecular complexity index is 1090. The molecule has 1 aromatic carbocycles. The van der Waals surface area contributed by atoms with E-state index in [0.717, 1.165) is 47.3 Å². The van der Waals surface area contributed by atoms with E-state index < -0.39 is 0 Å². The number of aromatic amines is 1. The lowest BCUT2D eigenvalue weighted by atomic mass is 9.81. The van der Waals surface area contributed by atoms with Crippen LogP contribution in [-0.4, -0.2) is 11.5 Å². The molecule has 0 saturated carbocycles. The minimum absolute atomic E-state index is 0.202. The van der Waals surface area contributed by atoms with Crippen LogP contribution in [0.4, 0.5) is 5.69 Å². The van der Waals surface area contributed by atoms with Crippen LogP contribution in [0.15, 0.2) is 64.6 Å². The molecule has 1 aliphatic carbocycles. The third-order valence-electron chi connectivity index (χ3n) is 5.41. The van der Waals surface area contributed by atoms with Crippen LogP contribution in [0.5, 0.6) is 0 Å². The van der Waals surface area contributed by atoms with Gasteiger partial charge in [-0.05, 0) is 47.8 Å². The van der Waals surface area contributed by atoms with E-state index in [2.05, 4.69) is 16.9 Å². The van der Waals surface area contributed by atoms with Gasteiger partial charge in [-0.3, -0.25) is 0 Å². The van der Waals surface area contributed by atoms with E-state index in [1.807, 2.05) is 24.5 Å². The summed E-state index contributed by atoms with van der Waals surface area (Å²) in [5.74, 6) is 0.202. The number of nitrogens with one attached hydrogen (secondary N) is 2. The lowest BCUT2D eigenvalue weighted by Crippen LogP contribution is -2.26. The van der Waals surface area contributed by atoms with Crippen molar-refractivity contribution >= 4 is 57.7 Å². The minimum Gasteiger partial charge on any atom is -0.398 e. The largest absolute Gasteiger partial charge is 0.398 e. The van der Waals surface area contributed by atoms with Gasteiger partial charge in [-0.1, -0.05) is 59.1 Å². The number of allylic oxidation sites excluding steroid dienone is 5. The summed E-state index contributed by atoms with van der Waals surface area (Å²) >= 11 is 24.9. The molecular formula is C22H19Cl4N3. The fraction of sp³-hybridized carbons (Fsp3) is 0.182. The predicted molar refractivity (Wildman–Crippen MR) is 125 cm³/mol. The van der Waals surface area contributed by atoms with Crippen molar-refractivity contribution in [3.05, 3.63) is 91.3 Å². The monoisotopic (exact) mass is 465 g/mol. The van der Waals surface area contributed by atoms with Gasteiger partial charge in [0, 0.05) is 47.4 Å². The Balaban J connectivity index is 1.76. The number of rotatable bonds is 3. The molecule has 0 amide bonds. The van der Waals surface area contributed by atoms with Gasteiger partial charge in [0.05, 0.1) is 20.1 Å². The highest BCUT2D eigenvalue weighted by molar-refractivity contribution is 6.44. The van der Waals surface area contributed by atoms with Gasteiger partial charge in [0.1, 0.15) is 0 Å². The van der Waals surface area contributed by atoms with E-state index >= 15 is 0 Å². The molecule has 1 atom stereocenters. The average Bonchev–Trinajstić information content (AvgIpc) is 3.12. The first kappa shape index (κ1) is 20.5. The molecule has 0 saturated heterocycles. The number of benzene rings is 1. The molecule has 2 aliphatic rings. The van der Waals surface area contributed by atoms with Crippen LogP contribution in [0.25, 0.3) is 5.57 Å². The summed E-state index contributed by atoms with van der Waals surface area (Å²) < 4.78 is 0. The Morgan fingerprint density at radius 3 is 2.59 bits per heavy atom. The fourth-order valence-corrected chi connectivity index (χ4v) is 4.61. The zero-order chi connectivity index (χ0) is 20.7. The Kier molecular flexibility index (Phi) is 5.76. The molecule has 2 heterocycles. The number of hydrogen-bond acceptors (Lipinski definition) is 2. The second-order valence-corrected chi connectivity index (χ2v) is 8.74. The number of H-pyrrole nitrogens is 1. The highest BCUT2D eigenvalue weighted by atomic mass is 35.5. The normalized spacial score (nSPS) is 19.1. The zero-order valence-corrected chi connectivity index (χ0v) is 18.5. The molecule has 0 radical (unpaired) electrons. The van der Waals surface area contributed by atoms with Gasteiger partial charge in [-0.25, -0.2) is 0 Å². The second kappa shape index (κ2) is 8.16. The molecule has 0 spiro atoms. The van der Waals surface area contributed by atoms with Gasteiger partial charge in [0.15, 0.2) is 0 Å². The van der Waals surface area contributed by atoms with E-state index in [9.17, 15) is 0 Å². The lowest BCUT2D eigenvalue weighted by Gasteiger charge is -2.29. The SMILES string of the molecule is C=C(c1cc(Cl)c(Cl)cc1N)c1c[nH]cc1C1CCNC2=C1CC=C(Cl)C(Cl)=C2. The molecule has 29 heavy (non-hydrogen) atoms. The van der Waals surface area contributed by atoms with Gasteiger partial charge < -0.3 is 16.0 Å². The minimum atomic E-state index is 0.202. The number of nitrogens with two attached hydrogens (primary N) is 1. The van der Waals surface area contributed by atoms with Crippen molar-refractivity contribution < 1.29 is 0 Å². The molecule has 2 aromatic rings. The summed E-state index contributed by atoms with van der Waals surface area (Å²) in [6, 6.07) is 3.43. The molecule has 3 nitrogen and oxygen atoms in total. The first-order valence-corrected chi connectivity index (χ1v) is 10.7. The van der Waals surface area contributed by atoms with Crippen molar-refractivity contribution in [1.82, 2.24) is 10.3 Å². The van der Waals surface area contributed by atoms with Crippen molar-refractivity contribution in [1.29, 1.82) is 0 Å². The highest BCUT2D eigenvalue weighted by Gasteiger charge is 2.28. The maximum Gasteiger partial charge on any atom is 0.0613 e. The van der Waals surface area contributed by atoms with Crippen LogP contribution in [0.2, 0.25) is 10.0 Å². The second-order valence-electron chi connectivity index (χ2n) is 7.11. The zero-order valence-electron chi connectivity index (χ0n) is 15.5. The summed E-state index contributed by atoms with van der Waals surface area (Å²) in [5.41, 5.74) is 12.8. The smallest absolute Gasteiger partial charge is 0.0613 e. The van der Waals surface area contributed by atoms with E-state index in [4.69, 9.17) is 52.1 Å². The van der Waals surface area contributed by atoms with Gasteiger partial charge in [-0.15, -0.1) is 0 Å². The predicted octanol–water partition coefficient (Wildman–Crippen LogP) is 6.95. The third kappa shape index (κ3) is 3.85. The quantitative estimate of drug-likeness (QED) is 0.428. The van der Waals surface area contributed by atoms with Gasteiger partial charge in [0.25, 0.3) is 0 Å². The van der Waals surface area contributed by atoms with Crippen LogP contribution >= 0.6 is 46.4 Å². The molecular weight excluding hydrogens is 448 g/mol. The van der Waals surface area contributed by atoms with E-state index in [0.29, 0.717) is 25.8 Å². The molecule has 4 rings (SSSR count). The molecule has 1 aromatic heterocycles. The standard InChI is InChI=1S/C22H19Cl4N3/c1-11(14-6-18(24)19(25)7-21(14)27)15-9-28-10-16(15)12-4-5-29-22-8-20(26)17(23)3-2-13(12)22/h3,6-10,12,28-29H,1-2,4-5,27H2. The number of halogens is 4. The number of hydrogen-bond donors (Lipinski definition) is 3. The van der Waals surface area contributed by atoms with Crippen LogP contribution in [0.3, 0.4) is 0 Å². The molecule has 0 bridgehead atoms. The van der Waals surface area contributed by atoms with Crippen molar-refractivity contribution in [2.75, 3.05) is 12.3 Å². The summed E-state index contributed by atoms with van der Waals surface area (Å²) in [6.45, 7) is 5.14.